The van der Waals surface area contributed by atoms with Crippen LogP contribution in [-0.4, -0.2) is 49.1 Å². The van der Waals surface area contributed by atoms with Gasteiger partial charge in [-0.2, -0.15) is 0 Å². The van der Waals surface area contributed by atoms with Crippen LogP contribution in [0.2, 0.25) is 15.1 Å². The third kappa shape index (κ3) is 4.84. The standard InChI is InChI=1S/C21H22Cl3N3O2S/c1-4-26(5-2)10-11-27(20(28)14-12-13(22)6-7-15(14)23)21-25-18-17(29-3)9-8-16(24)19(18)30-21/h6-9,12H,4-5,10-11H2,1-3H3. The second-order valence-electron chi connectivity index (χ2n) is 6.53. The van der Waals surface area contributed by atoms with Gasteiger partial charge in [0.05, 0.1) is 27.4 Å². The van der Waals surface area contributed by atoms with Crippen LogP contribution in [-0.2, 0) is 0 Å². The van der Waals surface area contributed by atoms with Gasteiger partial charge in [-0.05, 0) is 43.4 Å². The van der Waals surface area contributed by atoms with Crippen molar-refractivity contribution >= 4 is 67.4 Å². The maximum atomic E-state index is 13.5. The first-order valence-corrected chi connectivity index (χ1v) is 11.5. The fourth-order valence-electron chi connectivity index (χ4n) is 3.09. The van der Waals surface area contributed by atoms with Crippen molar-refractivity contribution in [2.75, 3.05) is 38.2 Å². The van der Waals surface area contributed by atoms with Crippen molar-refractivity contribution < 1.29 is 9.53 Å². The van der Waals surface area contributed by atoms with E-state index < -0.39 is 0 Å². The largest absolute Gasteiger partial charge is 0.494 e. The monoisotopic (exact) mass is 485 g/mol. The first-order valence-electron chi connectivity index (χ1n) is 9.51. The van der Waals surface area contributed by atoms with Crippen molar-refractivity contribution in [1.29, 1.82) is 0 Å². The average Bonchev–Trinajstić information content (AvgIpc) is 3.19. The summed E-state index contributed by atoms with van der Waals surface area (Å²) in [6.45, 7) is 7.09. The van der Waals surface area contributed by atoms with Crippen LogP contribution in [0.15, 0.2) is 30.3 Å². The van der Waals surface area contributed by atoms with E-state index in [9.17, 15) is 4.79 Å². The summed E-state index contributed by atoms with van der Waals surface area (Å²) in [4.78, 5) is 22.1. The Morgan fingerprint density at radius 1 is 1.07 bits per heavy atom. The molecule has 0 radical (unpaired) electrons. The van der Waals surface area contributed by atoms with Gasteiger partial charge in [0, 0.05) is 18.1 Å². The normalized spacial score (nSPS) is 11.3. The van der Waals surface area contributed by atoms with Gasteiger partial charge in [-0.3, -0.25) is 9.69 Å². The van der Waals surface area contributed by atoms with Gasteiger partial charge >= 0.3 is 0 Å². The molecule has 5 nitrogen and oxygen atoms in total. The number of anilines is 1. The Bertz CT molecular complexity index is 1050. The molecule has 0 aliphatic heterocycles. The number of rotatable bonds is 8. The summed E-state index contributed by atoms with van der Waals surface area (Å²) in [5, 5.41) is 1.88. The molecule has 1 heterocycles. The summed E-state index contributed by atoms with van der Waals surface area (Å²) in [5.74, 6) is 0.345. The molecule has 0 N–H and O–H groups in total. The van der Waals surface area contributed by atoms with Gasteiger partial charge in [-0.25, -0.2) is 4.98 Å². The highest BCUT2D eigenvalue weighted by Crippen LogP contribution is 2.39. The zero-order chi connectivity index (χ0) is 21.8. The van der Waals surface area contributed by atoms with Crippen molar-refractivity contribution in [1.82, 2.24) is 9.88 Å². The summed E-state index contributed by atoms with van der Waals surface area (Å²) in [6.07, 6.45) is 0. The number of ether oxygens (including phenoxy) is 1. The predicted octanol–water partition coefficient (Wildman–Crippen LogP) is 6.25. The van der Waals surface area contributed by atoms with Crippen molar-refractivity contribution in [2.24, 2.45) is 0 Å². The van der Waals surface area contributed by atoms with E-state index in [2.05, 4.69) is 18.7 Å². The number of thiazole rings is 1. The molecule has 0 spiro atoms. The zero-order valence-corrected chi connectivity index (χ0v) is 20.0. The Labute approximate surface area is 195 Å². The second kappa shape index (κ2) is 10.2. The molecule has 0 unspecified atom stereocenters. The summed E-state index contributed by atoms with van der Waals surface area (Å²) >= 11 is 20.2. The van der Waals surface area contributed by atoms with Gasteiger partial charge in [0.2, 0.25) is 0 Å². The number of nitrogens with zero attached hydrogens (tertiary/aromatic N) is 3. The van der Waals surface area contributed by atoms with E-state index in [1.165, 1.54) is 11.3 Å². The minimum atomic E-state index is -0.260. The summed E-state index contributed by atoms with van der Waals surface area (Å²) in [7, 11) is 1.58. The maximum absolute atomic E-state index is 13.5. The Kier molecular flexibility index (Phi) is 7.82. The van der Waals surface area contributed by atoms with Gasteiger partial charge in [-0.15, -0.1) is 0 Å². The van der Waals surface area contributed by atoms with Gasteiger partial charge < -0.3 is 9.64 Å². The fraction of sp³-hybridized carbons (Fsp3) is 0.333. The number of fused-ring (bicyclic) bond motifs is 1. The topological polar surface area (TPSA) is 45.7 Å². The Balaban J connectivity index is 2.07. The molecule has 30 heavy (non-hydrogen) atoms. The number of methoxy groups -OCH3 is 1. The SMILES string of the molecule is CCN(CC)CCN(C(=O)c1cc(Cl)ccc1Cl)c1nc2c(OC)ccc(Cl)c2s1. The molecule has 9 heteroatoms. The molecule has 3 aromatic rings. The lowest BCUT2D eigenvalue weighted by Crippen LogP contribution is -2.39. The van der Waals surface area contributed by atoms with Gasteiger partial charge in [0.25, 0.3) is 5.91 Å². The smallest absolute Gasteiger partial charge is 0.261 e. The Hall–Kier alpha value is -1.57. The van der Waals surface area contributed by atoms with E-state index in [0.717, 1.165) is 17.8 Å². The lowest BCUT2D eigenvalue weighted by atomic mass is 10.2. The van der Waals surface area contributed by atoms with Gasteiger partial charge in [-0.1, -0.05) is 60.0 Å². The first kappa shape index (κ1) is 23.1. The molecule has 0 fully saturated rings. The van der Waals surface area contributed by atoms with Crippen LogP contribution in [0.1, 0.15) is 24.2 Å². The minimum Gasteiger partial charge on any atom is -0.494 e. The van der Waals surface area contributed by atoms with E-state index in [1.807, 2.05) is 0 Å². The lowest BCUT2D eigenvalue weighted by Gasteiger charge is -2.25. The molecule has 0 aliphatic rings. The molecule has 1 aromatic heterocycles. The van der Waals surface area contributed by atoms with Crippen molar-refractivity contribution in [3.63, 3.8) is 0 Å². The average molecular weight is 487 g/mol. The van der Waals surface area contributed by atoms with Gasteiger partial charge in [0.15, 0.2) is 5.13 Å². The number of carbonyl (C=O) groups excluding carboxylic acids is 1. The molecule has 0 bridgehead atoms. The molecule has 1 amide bonds. The van der Waals surface area contributed by atoms with Crippen LogP contribution < -0.4 is 9.64 Å². The molecular weight excluding hydrogens is 465 g/mol. The van der Waals surface area contributed by atoms with Crippen molar-refractivity contribution in [2.45, 2.75) is 13.8 Å². The van der Waals surface area contributed by atoms with Crippen LogP contribution >= 0.6 is 46.1 Å². The Morgan fingerprint density at radius 3 is 2.43 bits per heavy atom. The van der Waals surface area contributed by atoms with Crippen LogP contribution in [0.4, 0.5) is 5.13 Å². The highest BCUT2D eigenvalue weighted by Gasteiger charge is 2.25. The molecule has 160 valence electrons. The molecule has 0 atom stereocenters. The molecule has 0 saturated carbocycles. The van der Waals surface area contributed by atoms with Crippen molar-refractivity contribution in [3.05, 3.63) is 51.0 Å². The van der Waals surface area contributed by atoms with E-state index in [1.54, 1.807) is 42.3 Å². The number of hydrogen-bond acceptors (Lipinski definition) is 5. The molecule has 0 aliphatic carbocycles. The number of amides is 1. The third-order valence-corrected chi connectivity index (χ3v) is 6.94. The van der Waals surface area contributed by atoms with E-state index >= 15 is 0 Å². The lowest BCUT2D eigenvalue weighted by molar-refractivity contribution is 0.0984. The third-order valence-electron chi connectivity index (χ3n) is 4.84. The summed E-state index contributed by atoms with van der Waals surface area (Å²) in [6, 6.07) is 8.39. The number of hydrogen-bond donors (Lipinski definition) is 0. The summed E-state index contributed by atoms with van der Waals surface area (Å²) < 4.78 is 6.19. The van der Waals surface area contributed by atoms with Crippen molar-refractivity contribution in [3.8, 4) is 5.75 Å². The van der Waals surface area contributed by atoms with E-state index in [0.29, 0.717) is 50.1 Å². The maximum Gasteiger partial charge on any atom is 0.261 e. The molecule has 3 rings (SSSR count). The predicted molar refractivity (Wildman–Crippen MR) is 127 cm³/mol. The van der Waals surface area contributed by atoms with Crippen LogP contribution in [0.25, 0.3) is 10.2 Å². The number of aromatic nitrogens is 1. The fourth-order valence-corrected chi connectivity index (χ4v) is 4.74. The highest BCUT2D eigenvalue weighted by molar-refractivity contribution is 7.23. The number of likely N-dealkylation sites (N-methyl/N-ethyl adjacent to an activating group) is 1. The number of carbonyl (C=O) groups is 1. The molecule has 0 saturated heterocycles. The molecular formula is C21H22Cl3N3O2S. The van der Waals surface area contributed by atoms with Crippen LogP contribution in [0.3, 0.4) is 0 Å². The highest BCUT2D eigenvalue weighted by atomic mass is 35.5. The van der Waals surface area contributed by atoms with Crippen LogP contribution in [0.5, 0.6) is 5.75 Å². The zero-order valence-electron chi connectivity index (χ0n) is 16.9. The minimum absolute atomic E-state index is 0.260. The first-order chi connectivity index (χ1) is 14.4. The van der Waals surface area contributed by atoms with Crippen LogP contribution in [0, 0.1) is 0 Å². The van der Waals surface area contributed by atoms with E-state index in [4.69, 9.17) is 44.5 Å². The number of benzene rings is 2. The van der Waals surface area contributed by atoms with E-state index in [-0.39, 0.29) is 5.91 Å². The summed E-state index contributed by atoms with van der Waals surface area (Å²) in [5.41, 5.74) is 0.962. The second-order valence-corrected chi connectivity index (χ2v) is 8.76. The quantitative estimate of drug-likeness (QED) is 0.377. The number of halogens is 3. The molecule has 2 aromatic carbocycles. The Morgan fingerprint density at radius 2 is 1.77 bits per heavy atom. The van der Waals surface area contributed by atoms with Gasteiger partial charge in [0.1, 0.15) is 11.3 Å².